The first-order valence-corrected chi connectivity index (χ1v) is 7.30. The molecular formula is C14H20N6O2. The summed E-state index contributed by atoms with van der Waals surface area (Å²) in [7, 11) is 0. The molecule has 1 aliphatic heterocycles. The zero-order valence-electron chi connectivity index (χ0n) is 12.2. The summed E-state index contributed by atoms with van der Waals surface area (Å²) in [6, 6.07) is 7.91. The van der Waals surface area contributed by atoms with E-state index in [0.29, 0.717) is 38.7 Å². The van der Waals surface area contributed by atoms with Gasteiger partial charge in [-0.1, -0.05) is 18.2 Å². The third-order valence-electron chi connectivity index (χ3n) is 3.56. The molecule has 0 aliphatic carbocycles. The molecule has 1 aromatic carbocycles. The summed E-state index contributed by atoms with van der Waals surface area (Å²) in [6.07, 6.45) is 0. The van der Waals surface area contributed by atoms with E-state index in [1.165, 1.54) is 0 Å². The number of β-amino-alcohol motifs (C(OH)–C–C–N with tert-alkyl or cyclic N) is 1. The van der Waals surface area contributed by atoms with E-state index in [1.54, 1.807) is 0 Å². The molecule has 8 nitrogen and oxygen atoms in total. The summed E-state index contributed by atoms with van der Waals surface area (Å²) in [6.45, 7) is 3.39. The third kappa shape index (κ3) is 3.86. The Morgan fingerprint density at radius 2 is 2.36 bits per heavy atom. The van der Waals surface area contributed by atoms with Crippen LogP contribution in [0.4, 0.5) is 0 Å². The monoisotopic (exact) mass is 304 g/mol. The standard InChI is InChI=1S/C14H20N6O2/c21-14(8-15-4-5-22-10-14)9-16-7-11-2-1-3-12(6-11)13-17-19-20-18-13/h1-3,6,15-16,21H,4-5,7-10H2,(H,17,18,19,20)/t14-/m0/s1. The number of aliphatic hydroxyl groups is 1. The normalized spacial score (nSPS) is 22.4. The molecule has 118 valence electrons. The average Bonchev–Trinajstić information content (AvgIpc) is 2.98. The maximum Gasteiger partial charge on any atom is 0.204 e. The lowest BCUT2D eigenvalue weighted by atomic mass is 10.1. The number of aromatic amines is 1. The molecule has 8 heteroatoms. The Morgan fingerprint density at radius 1 is 1.41 bits per heavy atom. The lowest BCUT2D eigenvalue weighted by Gasteiger charge is -2.26. The van der Waals surface area contributed by atoms with Crippen LogP contribution in [0.2, 0.25) is 0 Å². The van der Waals surface area contributed by atoms with Gasteiger partial charge in [0, 0.05) is 31.7 Å². The second-order valence-corrected chi connectivity index (χ2v) is 5.49. The maximum absolute atomic E-state index is 10.5. The summed E-state index contributed by atoms with van der Waals surface area (Å²) < 4.78 is 5.40. The topological polar surface area (TPSA) is 108 Å². The number of nitrogens with one attached hydrogen (secondary N) is 3. The van der Waals surface area contributed by atoms with Crippen molar-refractivity contribution in [2.75, 3.05) is 32.8 Å². The Hall–Kier alpha value is -1.87. The molecule has 0 amide bonds. The lowest BCUT2D eigenvalue weighted by molar-refractivity contribution is -0.0264. The van der Waals surface area contributed by atoms with Gasteiger partial charge in [0.05, 0.1) is 13.2 Å². The molecule has 1 atom stereocenters. The third-order valence-corrected chi connectivity index (χ3v) is 3.56. The van der Waals surface area contributed by atoms with Crippen LogP contribution in [0.5, 0.6) is 0 Å². The quantitative estimate of drug-likeness (QED) is 0.579. The molecule has 22 heavy (non-hydrogen) atoms. The summed E-state index contributed by atoms with van der Waals surface area (Å²) >= 11 is 0. The fourth-order valence-electron chi connectivity index (χ4n) is 2.44. The van der Waals surface area contributed by atoms with Gasteiger partial charge in [-0.3, -0.25) is 0 Å². The van der Waals surface area contributed by atoms with Crippen LogP contribution in [0.1, 0.15) is 5.56 Å². The van der Waals surface area contributed by atoms with Gasteiger partial charge in [-0.25, -0.2) is 0 Å². The molecule has 0 spiro atoms. The fraction of sp³-hybridized carbons (Fsp3) is 0.500. The molecule has 2 aromatic rings. The number of nitrogens with zero attached hydrogens (tertiary/aromatic N) is 3. The molecule has 0 saturated carbocycles. The molecule has 0 radical (unpaired) electrons. The second-order valence-electron chi connectivity index (χ2n) is 5.49. The Morgan fingerprint density at radius 3 is 3.23 bits per heavy atom. The SMILES string of the molecule is O[C@]1(CNCc2cccc(-c3nn[nH]n3)c2)CNCCOC1. The fourth-order valence-corrected chi connectivity index (χ4v) is 2.44. The number of hydrogen-bond donors (Lipinski definition) is 4. The first kappa shape index (κ1) is 15.0. The van der Waals surface area contributed by atoms with Crippen molar-refractivity contribution in [3.63, 3.8) is 0 Å². The highest BCUT2D eigenvalue weighted by atomic mass is 16.5. The second kappa shape index (κ2) is 6.93. The number of H-pyrrole nitrogens is 1. The van der Waals surface area contributed by atoms with Crippen molar-refractivity contribution in [1.29, 1.82) is 0 Å². The minimum absolute atomic E-state index is 0.343. The van der Waals surface area contributed by atoms with E-state index in [-0.39, 0.29) is 0 Å². The number of ether oxygens (including phenoxy) is 1. The zero-order valence-corrected chi connectivity index (χ0v) is 12.2. The molecule has 4 N–H and O–H groups in total. The van der Waals surface area contributed by atoms with Gasteiger partial charge in [0.15, 0.2) is 0 Å². The Bertz CT molecular complexity index is 581. The van der Waals surface area contributed by atoms with E-state index in [0.717, 1.165) is 17.7 Å². The van der Waals surface area contributed by atoms with Gasteiger partial charge < -0.3 is 20.5 Å². The molecule has 1 aromatic heterocycles. The van der Waals surface area contributed by atoms with E-state index >= 15 is 0 Å². The Kier molecular flexibility index (Phi) is 4.74. The van der Waals surface area contributed by atoms with E-state index in [1.807, 2.05) is 24.3 Å². The lowest BCUT2D eigenvalue weighted by Crippen LogP contribution is -2.50. The number of tetrazole rings is 1. The highest BCUT2D eigenvalue weighted by molar-refractivity contribution is 5.54. The molecule has 0 bridgehead atoms. The van der Waals surface area contributed by atoms with Crippen molar-refractivity contribution in [3.05, 3.63) is 29.8 Å². The van der Waals surface area contributed by atoms with Crippen LogP contribution in [-0.2, 0) is 11.3 Å². The van der Waals surface area contributed by atoms with Crippen molar-refractivity contribution in [1.82, 2.24) is 31.3 Å². The van der Waals surface area contributed by atoms with Crippen LogP contribution < -0.4 is 10.6 Å². The minimum Gasteiger partial charge on any atom is -0.385 e. The van der Waals surface area contributed by atoms with E-state index in [4.69, 9.17) is 4.74 Å². The van der Waals surface area contributed by atoms with Crippen molar-refractivity contribution in [2.45, 2.75) is 12.1 Å². The van der Waals surface area contributed by atoms with Gasteiger partial charge in [-0.05, 0) is 16.8 Å². The molecular weight excluding hydrogens is 284 g/mol. The maximum atomic E-state index is 10.5. The molecule has 3 rings (SSSR count). The number of rotatable bonds is 5. The average molecular weight is 304 g/mol. The van der Waals surface area contributed by atoms with Crippen molar-refractivity contribution < 1.29 is 9.84 Å². The number of aromatic nitrogens is 4. The highest BCUT2D eigenvalue weighted by Gasteiger charge is 2.28. The zero-order chi connectivity index (χ0) is 15.3. The van der Waals surface area contributed by atoms with E-state index in [2.05, 4.69) is 31.3 Å². The number of hydrogen-bond acceptors (Lipinski definition) is 7. The summed E-state index contributed by atoms with van der Waals surface area (Å²) in [5.74, 6) is 0.571. The first-order valence-electron chi connectivity index (χ1n) is 7.30. The number of benzene rings is 1. The highest BCUT2D eigenvalue weighted by Crippen LogP contribution is 2.15. The minimum atomic E-state index is -0.873. The molecule has 1 fully saturated rings. The van der Waals surface area contributed by atoms with Gasteiger partial charge in [-0.2, -0.15) is 5.21 Å². The van der Waals surface area contributed by atoms with Gasteiger partial charge in [0.2, 0.25) is 5.82 Å². The van der Waals surface area contributed by atoms with Gasteiger partial charge in [-0.15, -0.1) is 10.2 Å². The van der Waals surface area contributed by atoms with Crippen molar-refractivity contribution in [3.8, 4) is 11.4 Å². The van der Waals surface area contributed by atoms with Crippen LogP contribution in [0.25, 0.3) is 11.4 Å². The first-order chi connectivity index (χ1) is 10.8. The molecule has 2 heterocycles. The van der Waals surface area contributed by atoms with Crippen LogP contribution >= 0.6 is 0 Å². The van der Waals surface area contributed by atoms with Gasteiger partial charge in [0.1, 0.15) is 5.60 Å². The van der Waals surface area contributed by atoms with Gasteiger partial charge >= 0.3 is 0 Å². The van der Waals surface area contributed by atoms with Crippen molar-refractivity contribution in [2.24, 2.45) is 0 Å². The summed E-state index contributed by atoms with van der Waals surface area (Å²) in [5.41, 5.74) is 1.13. The Balaban J connectivity index is 1.56. The van der Waals surface area contributed by atoms with Gasteiger partial charge in [0.25, 0.3) is 0 Å². The summed E-state index contributed by atoms with van der Waals surface area (Å²) in [5, 5.41) is 30.9. The van der Waals surface area contributed by atoms with E-state index in [9.17, 15) is 5.11 Å². The smallest absolute Gasteiger partial charge is 0.204 e. The largest absolute Gasteiger partial charge is 0.385 e. The predicted octanol–water partition coefficient (Wildman–Crippen LogP) is -0.693. The van der Waals surface area contributed by atoms with E-state index < -0.39 is 5.60 Å². The van der Waals surface area contributed by atoms with Crippen LogP contribution in [0.15, 0.2) is 24.3 Å². The van der Waals surface area contributed by atoms with Crippen molar-refractivity contribution >= 4 is 0 Å². The predicted molar refractivity (Wildman–Crippen MR) is 80.0 cm³/mol. The molecule has 1 saturated heterocycles. The van der Waals surface area contributed by atoms with Crippen LogP contribution in [-0.4, -0.2) is 64.2 Å². The van der Waals surface area contributed by atoms with Crippen LogP contribution in [0, 0.1) is 0 Å². The molecule has 1 aliphatic rings. The summed E-state index contributed by atoms with van der Waals surface area (Å²) in [4.78, 5) is 0. The Labute approximate surface area is 128 Å². The van der Waals surface area contributed by atoms with Crippen LogP contribution in [0.3, 0.4) is 0 Å². The molecule has 0 unspecified atom stereocenters.